The van der Waals surface area contributed by atoms with Gasteiger partial charge < -0.3 is 19.4 Å². The zero-order valence-corrected chi connectivity index (χ0v) is 13.6. The van der Waals surface area contributed by atoms with Crippen molar-refractivity contribution < 1.29 is 14.3 Å². The molecule has 2 fully saturated rings. The predicted octanol–water partition coefficient (Wildman–Crippen LogP) is 2.54. The van der Waals surface area contributed by atoms with E-state index in [1.165, 1.54) is 0 Å². The molecule has 3 atom stereocenters. The molecule has 0 spiro atoms. The highest BCUT2D eigenvalue weighted by atomic mass is 16.6. The van der Waals surface area contributed by atoms with Gasteiger partial charge in [0.2, 0.25) is 0 Å². The summed E-state index contributed by atoms with van der Waals surface area (Å²) in [7, 11) is 0. The molecule has 1 saturated heterocycles. The molecule has 1 saturated carbocycles. The first-order chi connectivity index (χ1) is 11.8. The molecule has 1 amide bonds. The van der Waals surface area contributed by atoms with E-state index in [-0.39, 0.29) is 24.2 Å². The van der Waals surface area contributed by atoms with E-state index in [0.717, 1.165) is 24.9 Å². The number of aromatic nitrogens is 1. The average Bonchev–Trinajstić information content (AvgIpc) is 3.16. The minimum absolute atomic E-state index is 0.0192. The molecule has 0 bridgehead atoms. The minimum atomic E-state index is -0.0192. The largest absolute Gasteiger partial charge is 0.373 e. The van der Waals surface area contributed by atoms with Crippen LogP contribution in [-0.4, -0.2) is 41.9 Å². The highest BCUT2D eigenvalue weighted by Gasteiger charge is 2.34. The fourth-order valence-corrected chi connectivity index (χ4v) is 3.56. The maximum absolute atomic E-state index is 12.5. The Balaban J connectivity index is 1.37. The third-order valence-corrected chi connectivity index (χ3v) is 4.85. The van der Waals surface area contributed by atoms with Crippen LogP contribution in [0.15, 0.2) is 48.8 Å². The van der Waals surface area contributed by atoms with Crippen molar-refractivity contribution in [3.05, 3.63) is 54.4 Å². The lowest BCUT2D eigenvalue weighted by molar-refractivity contribution is -0.157. The standard InChI is InChI=1S/C19H22N2O3/c22-19(14-3-6-16(7-4-14)21-9-1-2-10-21)20-15-5-8-17-18(13-15)24-12-11-23-17/h1-4,6-7,9-10,15,17-18H,5,8,11-13H2,(H,20,22). The molecule has 2 aromatic rings. The molecular formula is C19H22N2O3. The van der Waals surface area contributed by atoms with Crippen molar-refractivity contribution in [3.63, 3.8) is 0 Å². The predicted molar refractivity (Wildman–Crippen MR) is 90.4 cm³/mol. The number of amides is 1. The summed E-state index contributed by atoms with van der Waals surface area (Å²) in [5.74, 6) is -0.0192. The van der Waals surface area contributed by atoms with Crippen molar-refractivity contribution >= 4 is 5.91 Å². The Hall–Kier alpha value is -2.11. The fourth-order valence-electron chi connectivity index (χ4n) is 3.56. The molecule has 24 heavy (non-hydrogen) atoms. The summed E-state index contributed by atoms with van der Waals surface area (Å²) in [6, 6.07) is 11.8. The van der Waals surface area contributed by atoms with Gasteiger partial charge in [-0.25, -0.2) is 0 Å². The first-order valence-corrected chi connectivity index (χ1v) is 8.57. The smallest absolute Gasteiger partial charge is 0.251 e. The number of rotatable bonds is 3. The molecular weight excluding hydrogens is 304 g/mol. The van der Waals surface area contributed by atoms with Gasteiger partial charge in [-0.2, -0.15) is 0 Å². The van der Waals surface area contributed by atoms with Crippen molar-refractivity contribution in [2.24, 2.45) is 0 Å². The molecule has 1 aliphatic carbocycles. The number of carbonyl (C=O) groups is 1. The van der Waals surface area contributed by atoms with Gasteiger partial charge in [0, 0.05) is 29.7 Å². The average molecular weight is 326 g/mol. The van der Waals surface area contributed by atoms with Crippen LogP contribution in [0.1, 0.15) is 29.6 Å². The van der Waals surface area contributed by atoms with Gasteiger partial charge in [-0.1, -0.05) is 0 Å². The van der Waals surface area contributed by atoms with Gasteiger partial charge in [0.05, 0.1) is 25.4 Å². The van der Waals surface area contributed by atoms with Crippen LogP contribution in [0.3, 0.4) is 0 Å². The fraction of sp³-hybridized carbons (Fsp3) is 0.421. The molecule has 0 radical (unpaired) electrons. The zero-order valence-electron chi connectivity index (χ0n) is 13.6. The summed E-state index contributed by atoms with van der Waals surface area (Å²) in [4.78, 5) is 12.5. The highest BCUT2D eigenvalue weighted by Crippen LogP contribution is 2.27. The summed E-state index contributed by atoms with van der Waals surface area (Å²) in [6.45, 7) is 1.34. The summed E-state index contributed by atoms with van der Waals surface area (Å²) in [6.07, 6.45) is 7.01. The Morgan fingerprint density at radius 3 is 2.46 bits per heavy atom. The number of nitrogens with one attached hydrogen (secondary N) is 1. The number of fused-ring (bicyclic) bond motifs is 1. The van der Waals surface area contributed by atoms with Gasteiger partial charge in [-0.15, -0.1) is 0 Å². The van der Waals surface area contributed by atoms with E-state index in [0.29, 0.717) is 18.8 Å². The number of hydrogen-bond donors (Lipinski definition) is 1. The van der Waals surface area contributed by atoms with E-state index in [4.69, 9.17) is 9.47 Å². The molecule has 1 aromatic carbocycles. The monoisotopic (exact) mass is 326 g/mol. The highest BCUT2D eigenvalue weighted by molar-refractivity contribution is 5.94. The van der Waals surface area contributed by atoms with Gasteiger partial charge >= 0.3 is 0 Å². The quantitative estimate of drug-likeness (QED) is 0.943. The van der Waals surface area contributed by atoms with Crippen molar-refractivity contribution in [3.8, 4) is 5.69 Å². The molecule has 2 heterocycles. The van der Waals surface area contributed by atoms with Crippen molar-refractivity contribution in [2.45, 2.75) is 37.5 Å². The summed E-state index contributed by atoms with van der Waals surface area (Å²) in [5, 5.41) is 3.14. The molecule has 126 valence electrons. The first kappa shape index (κ1) is 15.4. The maximum Gasteiger partial charge on any atom is 0.251 e. The lowest BCUT2D eigenvalue weighted by Crippen LogP contribution is -2.49. The number of carbonyl (C=O) groups excluding carboxylic acids is 1. The van der Waals surface area contributed by atoms with E-state index >= 15 is 0 Å². The van der Waals surface area contributed by atoms with Gasteiger partial charge in [0.15, 0.2) is 0 Å². The molecule has 3 unspecified atom stereocenters. The molecule has 1 aromatic heterocycles. The molecule has 1 aliphatic heterocycles. The van der Waals surface area contributed by atoms with Crippen LogP contribution in [0.5, 0.6) is 0 Å². The van der Waals surface area contributed by atoms with Crippen LogP contribution >= 0.6 is 0 Å². The summed E-state index contributed by atoms with van der Waals surface area (Å²) in [5.41, 5.74) is 1.73. The first-order valence-electron chi connectivity index (χ1n) is 8.57. The summed E-state index contributed by atoms with van der Waals surface area (Å²) >= 11 is 0. The van der Waals surface area contributed by atoms with E-state index in [1.807, 2.05) is 53.4 Å². The zero-order chi connectivity index (χ0) is 16.4. The van der Waals surface area contributed by atoms with Crippen LogP contribution in [0.2, 0.25) is 0 Å². The lowest BCUT2D eigenvalue weighted by Gasteiger charge is -2.39. The number of hydrogen-bond acceptors (Lipinski definition) is 3. The number of nitrogens with zero attached hydrogens (tertiary/aromatic N) is 1. The minimum Gasteiger partial charge on any atom is -0.373 e. The Bertz CT molecular complexity index is 681. The normalized spacial score (nSPS) is 26.6. The lowest BCUT2D eigenvalue weighted by atomic mass is 9.89. The SMILES string of the molecule is O=C(NC1CCC2OCCOC2C1)c1ccc(-n2cccc2)cc1. The summed E-state index contributed by atoms with van der Waals surface area (Å²) < 4.78 is 13.5. The van der Waals surface area contributed by atoms with Gasteiger partial charge in [0.25, 0.3) is 5.91 Å². The van der Waals surface area contributed by atoms with Crippen molar-refractivity contribution in [1.82, 2.24) is 9.88 Å². The van der Waals surface area contributed by atoms with Crippen LogP contribution < -0.4 is 5.32 Å². The van der Waals surface area contributed by atoms with E-state index in [9.17, 15) is 4.79 Å². The maximum atomic E-state index is 12.5. The van der Waals surface area contributed by atoms with Crippen LogP contribution in [0.25, 0.3) is 5.69 Å². The van der Waals surface area contributed by atoms with Crippen molar-refractivity contribution in [1.29, 1.82) is 0 Å². The Morgan fingerprint density at radius 1 is 1.00 bits per heavy atom. The second-order valence-corrected chi connectivity index (χ2v) is 6.44. The van der Waals surface area contributed by atoms with E-state index < -0.39 is 0 Å². The third kappa shape index (κ3) is 3.23. The molecule has 1 N–H and O–H groups in total. The van der Waals surface area contributed by atoms with Gasteiger partial charge in [-0.3, -0.25) is 4.79 Å². The molecule has 2 aliphatic rings. The number of ether oxygens (including phenoxy) is 2. The second kappa shape index (κ2) is 6.79. The van der Waals surface area contributed by atoms with Gasteiger partial charge in [-0.05, 0) is 55.7 Å². The van der Waals surface area contributed by atoms with Crippen LogP contribution in [0.4, 0.5) is 0 Å². The Labute approximate surface area is 141 Å². The third-order valence-electron chi connectivity index (χ3n) is 4.85. The Kier molecular flexibility index (Phi) is 4.36. The van der Waals surface area contributed by atoms with E-state index in [2.05, 4.69) is 5.32 Å². The molecule has 4 rings (SSSR count). The second-order valence-electron chi connectivity index (χ2n) is 6.44. The topological polar surface area (TPSA) is 52.5 Å². The van der Waals surface area contributed by atoms with E-state index in [1.54, 1.807) is 0 Å². The van der Waals surface area contributed by atoms with Gasteiger partial charge in [0.1, 0.15) is 0 Å². The Morgan fingerprint density at radius 2 is 1.71 bits per heavy atom. The van der Waals surface area contributed by atoms with Crippen LogP contribution in [0, 0.1) is 0 Å². The number of benzene rings is 1. The molecule has 5 nitrogen and oxygen atoms in total. The van der Waals surface area contributed by atoms with Crippen molar-refractivity contribution in [2.75, 3.05) is 13.2 Å². The molecule has 5 heteroatoms. The van der Waals surface area contributed by atoms with Crippen LogP contribution in [-0.2, 0) is 9.47 Å².